The molecule has 3 fully saturated rings. The summed E-state index contributed by atoms with van der Waals surface area (Å²) in [4.78, 5) is 35.0. The minimum absolute atomic E-state index is 0.0129. The molecule has 2 atom stereocenters. The molecule has 2 aromatic carbocycles. The van der Waals surface area contributed by atoms with Gasteiger partial charge in [0.1, 0.15) is 11.9 Å². The number of hydrogen-bond donors (Lipinski definition) is 0. The first-order valence-electron chi connectivity index (χ1n) is 14.1. The van der Waals surface area contributed by atoms with Gasteiger partial charge >= 0.3 is 0 Å². The van der Waals surface area contributed by atoms with Gasteiger partial charge in [-0.25, -0.2) is 4.99 Å². The van der Waals surface area contributed by atoms with Crippen LogP contribution in [0.1, 0.15) is 24.8 Å². The molecule has 0 bridgehead atoms. The lowest BCUT2D eigenvalue weighted by Gasteiger charge is -2.42. The quantitative estimate of drug-likeness (QED) is 0.480. The monoisotopic (exact) mass is 539 g/mol. The fourth-order valence-corrected chi connectivity index (χ4v) is 6.20. The van der Waals surface area contributed by atoms with Crippen molar-refractivity contribution in [3.8, 4) is 22.3 Å². The van der Waals surface area contributed by atoms with Crippen LogP contribution < -0.4 is 0 Å². The maximum atomic E-state index is 13.7. The molecule has 2 amide bonds. The molecule has 1 unspecified atom stereocenters. The number of carbonyl (C=O) groups excluding carboxylic acids is 2. The van der Waals surface area contributed by atoms with E-state index in [1.165, 1.54) is 0 Å². The van der Waals surface area contributed by atoms with E-state index in [0.29, 0.717) is 51.7 Å². The SMILES string of the molecule is Cn1cc(-c2ccc(-c3ccc(C4=NC5(CCOC5)C(=O)N4CC4CN(C(=O)[C@H]5CCCO5)C4)cc3)cc2)cn1. The molecule has 0 radical (unpaired) electrons. The maximum Gasteiger partial charge on any atom is 0.258 e. The van der Waals surface area contributed by atoms with Gasteiger partial charge in [-0.3, -0.25) is 19.2 Å². The van der Waals surface area contributed by atoms with Crippen LogP contribution in [0.15, 0.2) is 65.9 Å². The van der Waals surface area contributed by atoms with Crippen molar-refractivity contribution in [1.82, 2.24) is 19.6 Å². The summed E-state index contributed by atoms with van der Waals surface area (Å²) in [7, 11) is 1.92. The summed E-state index contributed by atoms with van der Waals surface area (Å²) in [6.07, 6.45) is 5.91. The molecule has 7 rings (SSSR count). The lowest BCUT2D eigenvalue weighted by Crippen LogP contribution is -2.57. The van der Waals surface area contributed by atoms with Gasteiger partial charge in [-0.15, -0.1) is 0 Å². The maximum absolute atomic E-state index is 13.7. The Morgan fingerprint density at radius 1 is 0.975 bits per heavy atom. The number of hydrogen-bond acceptors (Lipinski definition) is 6. The molecule has 9 nitrogen and oxygen atoms in total. The highest BCUT2D eigenvalue weighted by Gasteiger charge is 2.52. The molecule has 4 aliphatic heterocycles. The van der Waals surface area contributed by atoms with Crippen LogP contribution in [0.3, 0.4) is 0 Å². The highest BCUT2D eigenvalue weighted by Crippen LogP contribution is 2.35. The van der Waals surface area contributed by atoms with Crippen LogP contribution in [-0.4, -0.2) is 88.3 Å². The molecule has 40 heavy (non-hydrogen) atoms. The second-order valence-electron chi connectivity index (χ2n) is 11.4. The Balaban J connectivity index is 1.08. The topological polar surface area (TPSA) is 89.3 Å². The molecule has 0 N–H and O–H groups in total. The van der Waals surface area contributed by atoms with Crippen LogP contribution >= 0.6 is 0 Å². The smallest absolute Gasteiger partial charge is 0.258 e. The lowest BCUT2D eigenvalue weighted by atomic mass is 9.95. The summed E-state index contributed by atoms with van der Waals surface area (Å²) in [6.45, 7) is 3.36. The van der Waals surface area contributed by atoms with Gasteiger partial charge in [0.2, 0.25) is 0 Å². The number of amides is 2. The van der Waals surface area contributed by atoms with E-state index in [1.807, 2.05) is 41.4 Å². The molecule has 0 aliphatic carbocycles. The normalized spacial score (nSPS) is 24.7. The third kappa shape index (κ3) is 4.43. The van der Waals surface area contributed by atoms with Crippen molar-refractivity contribution >= 4 is 17.6 Å². The number of carbonyl (C=O) groups is 2. The summed E-state index contributed by atoms with van der Waals surface area (Å²) < 4.78 is 13.0. The van der Waals surface area contributed by atoms with E-state index in [1.54, 1.807) is 4.68 Å². The standard InChI is InChI=1S/C31H33N5O4/c1-34-19-26(15-32-34)24-6-4-22(5-7-24)23-8-10-25(11-9-23)28-33-31(12-14-39-20-31)30(38)36(28)18-21-16-35(17-21)29(37)27-3-2-13-40-27/h4-11,15,19,21,27H,2-3,12-14,16-18,20H2,1H3/t27-,31?/m1/s1. The second kappa shape index (κ2) is 9.98. The molecule has 3 saturated heterocycles. The van der Waals surface area contributed by atoms with E-state index in [9.17, 15) is 9.59 Å². The Hall–Kier alpha value is -3.82. The van der Waals surface area contributed by atoms with Gasteiger partial charge in [0.15, 0.2) is 5.54 Å². The predicted molar refractivity (Wildman–Crippen MR) is 150 cm³/mol. The van der Waals surface area contributed by atoms with E-state index >= 15 is 0 Å². The average Bonchev–Trinajstić information content (AvgIpc) is 3.77. The fourth-order valence-electron chi connectivity index (χ4n) is 6.20. The van der Waals surface area contributed by atoms with Crippen molar-refractivity contribution in [3.63, 3.8) is 0 Å². The van der Waals surface area contributed by atoms with Crippen molar-refractivity contribution in [2.75, 3.05) is 39.5 Å². The van der Waals surface area contributed by atoms with Crippen molar-refractivity contribution in [1.29, 1.82) is 0 Å². The number of nitrogens with zero attached hydrogens (tertiary/aromatic N) is 5. The van der Waals surface area contributed by atoms with Crippen LogP contribution in [0.4, 0.5) is 0 Å². The Bertz CT molecular complexity index is 1440. The van der Waals surface area contributed by atoms with Gasteiger partial charge in [-0.05, 0) is 29.5 Å². The van der Waals surface area contributed by atoms with Crippen LogP contribution in [0, 0.1) is 5.92 Å². The van der Waals surface area contributed by atoms with Gasteiger partial charge in [-0.1, -0.05) is 48.5 Å². The summed E-state index contributed by atoms with van der Waals surface area (Å²) in [6, 6.07) is 16.7. The first kappa shape index (κ1) is 25.2. The van der Waals surface area contributed by atoms with Crippen molar-refractivity contribution in [2.45, 2.75) is 30.9 Å². The zero-order valence-corrected chi connectivity index (χ0v) is 22.7. The Morgan fingerprint density at radius 2 is 1.65 bits per heavy atom. The number of likely N-dealkylation sites (tertiary alicyclic amines) is 1. The molecule has 3 aromatic rings. The van der Waals surface area contributed by atoms with E-state index in [0.717, 1.165) is 40.7 Å². The Kier molecular flexibility index (Phi) is 6.28. The first-order chi connectivity index (χ1) is 19.5. The summed E-state index contributed by atoms with van der Waals surface area (Å²) in [5, 5.41) is 4.26. The van der Waals surface area contributed by atoms with Crippen LogP contribution in [0.25, 0.3) is 22.3 Å². The number of benzene rings is 2. The molecule has 4 aliphatic rings. The number of rotatable bonds is 6. The minimum Gasteiger partial charge on any atom is -0.378 e. The molecule has 0 saturated carbocycles. The lowest BCUT2D eigenvalue weighted by molar-refractivity contribution is -0.148. The van der Waals surface area contributed by atoms with Crippen molar-refractivity contribution < 1.29 is 19.1 Å². The molecular formula is C31H33N5O4. The highest BCUT2D eigenvalue weighted by atomic mass is 16.5. The second-order valence-corrected chi connectivity index (χ2v) is 11.4. The van der Waals surface area contributed by atoms with E-state index < -0.39 is 5.54 Å². The van der Waals surface area contributed by atoms with E-state index in [2.05, 4.69) is 41.5 Å². The third-order valence-electron chi connectivity index (χ3n) is 8.53. The van der Waals surface area contributed by atoms with Gasteiger partial charge in [0.25, 0.3) is 11.8 Å². The Morgan fingerprint density at radius 3 is 2.23 bits per heavy atom. The zero-order valence-electron chi connectivity index (χ0n) is 22.7. The number of amidine groups is 1. The van der Waals surface area contributed by atoms with Gasteiger partial charge in [-0.2, -0.15) is 5.10 Å². The highest BCUT2D eigenvalue weighted by molar-refractivity contribution is 6.15. The molecule has 9 heteroatoms. The summed E-state index contributed by atoms with van der Waals surface area (Å²) >= 11 is 0. The van der Waals surface area contributed by atoms with Crippen LogP contribution in [0.5, 0.6) is 0 Å². The summed E-state index contributed by atoms with van der Waals surface area (Å²) in [5.41, 5.74) is 4.51. The average molecular weight is 540 g/mol. The van der Waals surface area contributed by atoms with E-state index in [4.69, 9.17) is 14.5 Å². The molecule has 1 spiro atoms. The predicted octanol–water partition coefficient (Wildman–Crippen LogP) is 3.14. The van der Waals surface area contributed by atoms with Crippen molar-refractivity contribution in [3.05, 3.63) is 66.5 Å². The molecule has 206 valence electrons. The summed E-state index contributed by atoms with van der Waals surface area (Å²) in [5.74, 6) is 1.02. The third-order valence-corrected chi connectivity index (χ3v) is 8.53. The van der Waals surface area contributed by atoms with Crippen molar-refractivity contribution in [2.24, 2.45) is 18.0 Å². The Labute approximate surface area is 233 Å². The molecule has 1 aromatic heterocycles. The molecular weight excluding hydrogens is 506 g/mol. The molecule has 5 heterocycles. The van der Waals surface area contributed by atoms with Gasteiger partial charge in [0.05, 0.1) is 12.8 Å². The zero-order chi connectivity index (χ0) is 27.3. The first-order valence-corrected chi connectivity index (χ1v) is 14.1. The van der Waals surface area contributed by atoms with Gasteiger partial charge in [0, 0.05) is 69.6 Å². The number of ether oxygens (including phenoxy) is 2. The minimum atomic E-state index is -0.826. The number of aliphatic imine (C=N–C) groups is 1. The largest absolute Gasteiger partial charge is 0.378 e. The number of aryl methyl sites for hydroxylation is 1. The van der Waals surface area contributed by atoms with E-state index in [-0.39, 0.29) is 23.8 Å². The van der Waals surface area contributed by atoms with Crippen LogP contribution in [-0.2, 0) is 26.1 Å². The van der Waals surface area contributed by atoms with Gasteiger partial charge < -0.3 is 14.4 Å². The van der Waals surface area contributed by atoms with Crippen LogP contribution in [0.2, 0.25) is 0 Å². The fraction of sp³-hybridized carbons (Fsp3) is 0.419. The number of aromatic nitrogens is 2.